The number of alkyl halides is 3. The molecule has 5 nitrogen and oxygen atoms in total. The van der Waals surface area contributed by atoms with Crippen LogP contribution in [0.15, 0.2) is 54.6 Å². The maximum Gasteiger partial charge on any atom is 0.426 e. The van der Waals surface area contributed by atoms with Gasteiger partial charge in [0.05, 0.1) is 12.7 Å². The minimum atomic E-state index is -4.65. The summed E-state index contributed by atoms with van der Waals surface area (Å²) >= 11 is 0. The number of methoxy groups -OCH3 is 1. The zero-order valence-corrected chi connectivity index (χ0v) is 16.1. The predicted molar refractivity (Wildman–Crippen MR) is 103 cm³/mol. The number of piperazine rings is 1. The first-order chi connectivity index (χ1) is 13.9. The average molecular weight is 408 g/mol. The lowest BCUT2D eigenvalue weighted by Gasteiger charge is -2.37. The maximum absolute atomic E-state index is 13.5. The minimum absolute atomic E-state index is 0.0208. The average Bonchev–Trinajstić information content (AvgIpc) is 2.73. The first kappa shape index (κ1) is 21.0. The fourth-order valence-corrected chi connectivity index (χ4v) is 3.22. The Balaban J connectivity index is 1.60. The van der Waals surface area contributed by atoms with Crippen LogP contribution in [0, 0.1) is 0 Å². The topological polar surface area (TPSA) is 42.0 Å². The number of esters is 1. The number of anilines is 1. The van der Waals surface area contributed by atoms with Crippen molar-refractivity contribution in [2.45, 2.75) is 12.3 Å². The molecule has 0 amide bonds. The van der Waals surface area contributed by atoms with Gasteiger partial charge in [-0.1, -0.05) is 24.3 Å². The number of ether oxygens (including phenoxy) is 2. The highest BCUT2D eigenvalue weighted by Gasteiger charge is 2.44. The fraction of sp³-hybridized carbons (Fsp3) is 0.381. The highest BCUT2D eigenvalue weighted by atomic mass is 19.4. The van der Waals surface area contributed by atoms with Crippen LogP contribution in [-0.4, -0.2) is 63.0 Å². The summed E-state index contributed by atoms with van der Waals surface area (Å²) in [6, 6.07) is 15.6. The third kappa shape index (κ3) is 5.63. The number of carbonyl (C=O) groups excluding carboxylic acids is 1. The molecule has 0 spiro atoms. The summed E-state index contributed by atoms with van der Waals surface area (Å²) in [6.07, 6.45) is -6.84. The first-order valence-corrected chi connectivity index (χ1v) is 9.31. The van der Waals surface area contributed by atoms with E-state index >= 15 is 0 Å². The Bertz CT molecular complexity index is 806. The van der Waals surface area contributed by atoms with E-state index in [0.29, 0.717) is 31.9 Å². The summed E-state index contributed by atoms with van der Waals surface area (Å²) < 4.78 is 50.3. The molecule has 0 saturated carbocycles. The predicted octanol–water partition coefficient (Wildman–Crippen LogP) is 3.61. The second kappa shape index (κ2) is 9.17. The van der Waals surface area contributed by atoms with Crippen molar-refractivity contribution in [2.75, 3.05) is 44.7 Å². The van der Waals surface area contributed by atoms with Crippen LogP contribution in [0.4, 0.5) is 18.9 Å². The number of benzene rings is 2. The quantitative estimate of drug-likeness (QED) is 0.684. The summed E-state index contributed by atoms with van der Waals surface area (Å²) in [5.41, 5.74) is 1.07. The Kier molecular flexibility index (Phi) is 6.64. The molecule has 1 saturated heterocycles. The lowest BCUT2D eigenvalue weighted by atomic mass is 10.2. The van der Waals surface area contributed by atoms with Crippen molar-refractivity contribution in [1.82, 2.24) is 4.90 Å². The van der Waals surface area contributed by atoms with Gasteiger partial charge in [0.15, 0.2) is 0 Å². The molecule has 1 atom stereocenters. The van der Waals surface area contributed by atoms with Crippen molar-refractivity contribution in [1.29, 1.82) is 0 Å². The van der Waals surface area contributed by atoms with E-state index in [-0.39, 0.29) is 12.1 Å². The molecule has 0 aromatic heterocycles. The van der Waals surface area contributed by atoms with E-state index in [1.165, 1.54) is 25.3 Å². The van der Waals surface area contributed by atoms with E-state index in [9.17, 15) is 18.0 Å². The molecule has 2 aromatic carbocycles. The number of rotatable bonds is 6. The van der Waals surface area contributed by atoms with Crippen LogP contribution in [0.1, 0.15) is 10.4 Å². The zero-order valence-electron chi connectivity index (χ0n) is 16.1. The smallest absolute Gasteiger partial charge is 0.426 e. The maximum atomic E-state index is 13.5. The number of para-hydroxylation sites is 1. The normalized spacial score (nSPS) is 16.3. The van der Waals surface area contributed by atoms with Crippen molar-refractivity contribution in [2.24, 2.45) is 0 Å². The molecule has 0 radical (unpaired) electrons. The van der Waals surface area contributed by atoms with Crippen LogP contribution in [0.2, 0.25) is 0 Å². The Labute approximate surface area is 167 Å². The third-order valence-electron chi connectivity index (χ3n) is 4.84. The fourth-order valence-electron chi connectivity index (χ4n) is 3.22. The number of halogens is 3. The van der Waals surface area contributed by atoms with Gasteiger partial charge in [0.25, 0.3) is 0 Å². The molecular weight excluding hydrogens is 385 g/mol. The minimum Gasteiger partial charge on any atom is -0.497 e. The Morgan fingerprint density at radius 1 is 1.03 bits per heavy atom. The van der Waals surface area contributed by atoms with Gasteiger partial charge in [0, 0.05) is 38.4 Å². The molecule has 29 heavy (non-hydrogen) atoms. The molecule has 0 aliphatic carbocycles. The van der Waals surface area contributed by atoms with E-state index in [4.69, 9.17) is 9.47 Å². The molecule has 8 heteroatoms. The third-order valence-corrected chi connectivity index (χ3v) is 4.84. The Hall–Kier alpha value is -2.74. The highest BCUT2D eigenvalue weighted by molar-refractivity contribution is 5.90. The molecule has 0 unspecified atom stereocenters. The summed E-state index contributed by atoms with van der Waals surface area (Å²) in [6.45, 7) is 1.75. The SMILES string of the molecule is COc1cccc(C(=O)O[C@H](CN2CCN(c3ccccc3)CC2)C(F)(F)F)c1. The molecule has 2 aromatic rings. The summed E-state index contributed by atoms with van der Waals surface area (Å²) in [5.74, 6) is -0.644. The number of hydrogen-bond donors (Lipinski definition) is 0. The Morgan fingerprint density at radius 2 is 1.72 bits per heavy atom. The van der Waals surface area contributed by atoms with Gasteiger partial charge < -0.3 is 14.4 Å². The largest absolute Gasteiger partial charge is 0.497 e. The van der Waals surface area contributed by atoms with Crippen LogP contribution < -0.4 is 9.64 Å². The van der Waals surface area contributed by atoms with Crippen molar-refractivity contribution in [3.63, 3.8) is 0 Å². The van der Waals surface area contributed by atoms with Gasteiger partial charge in [-0.25, -0.2) is 4.79 Å². The van der Waals surface area contributed by atoms with Crippen LogP contribution >= 0.6 is 0 Å². The molecule has 1 aliphatic heterocycles. The molecule has 3 rings (SSSR count). The van der Waals surface area contributed by atoms with Gasteiger partial charge in [-0.3, -0.25) is 4.90 Å². The van der Waals surface area contributed by atoms with Crippen LogP contribution in [-0.2, 0) is 4.74 Å². The molecule has 0 bridgehead atoms. The van der Waals surface area contributed by atoms with Crippen molar-refractivity contribution in [3.05, 3.63) is 60.2 Å². The van der Waals surface area contributed by atoms with Gasteiger partial charge in [-0.2, -0.15) is 13.2 Å². The van der Waals surface area contributed by atoms with Gasteiger partial charge in [0.1, 0.15) is 5.75 Å². The van der Waals surface area contributed by atoms with Crippen molar-refractivity contribution < 1.29 is 27.4 Å². The van der Waals surface area contributed by atoms with E-state index in [1.807, 2.05) is 30.3 Å². The van der Waals surface area contributed by atoms with Gasteiger partial charge in [-0.15, -0.1) is 0 Å². The number of nitrogens with zero attached hydrogens (tertiary/aromatic N) is 2. The molecule has 1 heterocycles. The summed E-state index contributed by atoms with van der Waals surface area (Å²) in [4.78, 5) is 16.0. The standard InChI is InChI=1S/C21H23F3N2O3/c1-28-18-9-5-6-16(14-18)20(27)29-19(21(22,23)24)15-25-10-12-26(13-11-25)17-7-3-2-4-8-17/h2-9,14,19H,10-13,15H2,1H3/t19-/m1/s1. The van der Waals surface area contributed by atoms with Crippen LogP contribution in [0.25, 0.3) is 0 Å². The molecule has 0 N–H and O–H groups in total. The lowest BCUT2D eigenvalue weighted by molar-refractivity contribution is -0.208. The summed E-state index contributed by atoms with van der Waals surface area (Å²) in [5, 5.41) is 0. The van der Waals surface area contributed by atoms with Crippen molar-refractivity contribution in [3.8, 4) is 5.75 Å². The van der Waals surface area contributed by atoms with Gasteiger partial charge in [-0.05, 0) is 30.3 Å². The number of carbonyl (C=O) groups is 1. The highest BCUT2D eigenvalue weighted by Crippen LogP contribution is 2.26. The second-order valence-electron chi connectivity index (χ2n) is 6.79. The van der Waals surface area contributed by atoms with Crippen LogP contribution in [0.3, 0.4) is 0 Å². The Morgan fingerprint density at radius 3 is 2.34 bits per heavy atom. The van der Waals surface area contributed by atoms with E-state index in [2.05, 4.69) is 4.90 Å². The molecule has 1 aliphatic rings. The van der Waals surface area contributed by atoms with Crippen LogP contribution in [0.5, 0.6) is 5.75 Å². The first-order valence-electron chi connectivity index (χ1n) is 9.31. The monoisotopic (exact) mass is 408 g/mol. The van der Waals surface area contributed by atoms with Crippen molar-refractivity contribution >= 4 is 11.7 Å². The number of hydrogen-bond acceptors (Lipinski definition) is 5. The second-order valence-corrected chi connectivity index (χ2v) is 6.79. The zero-order chi connectivity index (χ0) is 20.9. The van der Waals surface area contributed by atoms with Gasteiger partial charge >= 0.3 is 12.1 Å². The lowest BCUT2D eigenvalue weighted by Crippen LogP contribution is -2.51. The molecular formula is C21H23F3N2O3. The van der Waals surface area contributed by atoms with Gasteiger partial charge in [0.2, 0.25) is 6.10 Å². The van der Waals surface area contributed by atoms with E-state index < -0.39 is 18.2 Å². The molecule has 1 fully saturated rings. The molecule has 156 valence electrons. The summed E-state index contributed by atoms with van der Waals surface area (Å²) in [7, 11) is 1.41. The van der Waals surface area contributed by atoms with E-state index in [0.717, 1.165) is 5.69 Å². The van der Waals surface area contributed by atoms with E-state index in [1.54, 1.807) is 11.0 Å².